The molecule has 0 saturated carbocycles. The minimum atomic E-state index is -0.326. The molecule has 3 N–H and O–H groups in total. The molecule has 7 heteroatoms. The Balaban J connectivity index is 1.99. The van der Waals surface area contributed by atoms with E-state index in [4.69, 9.17) is 11.0 Å². The summed E-state index contributed by atoms with van der Waals surface area (Å²) >= 11 is 0. The van der Waals surface area contributed by atoms with Crippen molar-refractivity contribution >= 4 is 17.5 Å². The van der Waals surface area contributed by atoms with E-state index in [2.05, 4.69) is 10.4 Å². The van der Waals surface area contributed by atoms with Crippen LogP contribution in [-0.2, 0) is 0 Å². The number of nitrogen functional groups attached to an aromatic ring is 1. The number of nitrogens with two attached hydrogens (primary N) is 1. The van der Waals surface area contributed by atoms with Crippen molar-refractivity contribution in [3.05, 3.63) is 77.0 Å². The summed E-state index contributed by atoms with van der Waals surface area (Å²) in [6, 6.07) is 15.1. The van der Waals surface area contributed by atoms with Crippen molar-refractivity contribution in [1.82, 2.24) is 15.1 Å². The van der Waals surface area contributed by atoms with E-state index in [1.807, 2.05) is 6.07 Å². The Kier molecular flexibility index (Phi) is 4.50. The van der Waals surface area contributed by atoms with Crippen LogP contribution in [-0.4, -0.2) is 28.5 Å². The van der Waals surface area contributed by atoms with Gasteiger partial charge in [-0.2, -0.15) is 10.4 Å². The van der Waals surface area contributed by atoms with Gasteiger partial charge in [0, 0.05) is 18.2 Å². The summed E-state index contributed by atoms with van der Waals surface area (Å²) in [5.74, 6) is -0.401. The molecular formula is C19H15N5O2. The second-order valence-corrected chi connectivity index (χ2v) is 5.51. The molecule has 0 spiro atoms. The molecule has 0 aliphatic rings. The molecule has 0 atom stereocenters. The Hall–Kier alpha value is -3.92. The van der Waals surface area contributed by atoms with Gasteiger partial charge in [0.05, 0.1) is 29.1 Å². The molecule has 0 fully saturated rings. The summed E-state index contributed by atoms with van der Waals surface area (Å²) in [5, 5.41) is 15.7. The quantitative estimate of drug-likeness (QED) is 0.701. The average Bonchev–Trinajstić information content (AvgIpc) is 3.08. The molecule has 1 aromatic heterocycles. The summed E-state index contributed by atoms with van der Waals surface area (Å²) < 4.78 is 1.40. The molecule has 0 aliphatic carbocycles. The molecule has 1 amide bonds. The molecule has 2 aromatic carbocycles. The molecule has 26 heavy (non-hydrogen) atoms. The lowest BCUT2D eigenvalue weighted by atomic mass is 10.0. The molecule has 0 aliphatic heterocycles. The van der Waals surface area contributed by atoms with E-state index in [9.17, 15) is 9.59 Å². The van der Waals surface area contributed by atoms with E-state index in [0.717, 1.165) is 0 Å². The second kappa shape index (κ2) is 6.91. The van der Waals surface area contributed by atoms with E-state index in [1.165, 1.54) is 16.9 Å². The van der Waals surface area contributed by atoms with Crippen molar-refractivity contribution in [3.63, 3.8) is 0 Å². The van der Waals surface area contributed by atoms with Crippen molar-refractivity contribution in [2.24, 2.45) is 0 Å². The Morgan fingerprint density at radius 3 is 2.62 bits per heavy atom. The molecule has 0 unspecified atom stereocenters. The lowest BCUT2D eigenvalue weighted by Gasteiger charge is -2.07. The second-order valence-electron chi connectivity index (χ2n) is 5.51. The van der Waals surface area contributed by atoms with Gasteiger partial charge in [0.2, 0.25) is 0 Å². The normalized spacial score (nSPS) is 10.2. The summed E-state index contributed by atoms with van der Waals surface area (Å²) in [7, 11) is 1.55. The molecular weight excluding hydrogens is 330 g/mol. The SMILES string of the molecule is CNC(=O)c1cccc(-n2ncc(C(=O)c3cccc(C#N)c3)c2N)c1. The molecule has 128 valence electrons. The number of nitriles is 1. The fourth-order valence-corrected chi connectivity index (χ4v) is 2.55. The molecule has 3 rings (SSSR count). The predicted molar refractivity (Wildman–Crippen MR) is 96.0 cm³/mol. The highest BCUT2D eigenvalue weighted by molar-refractivity contribution is 6.11. The van der Waals surface area contributed by atoms with Gasteiger partial charge in [-0.05, 0) is 30.3 Å². The van der Waals surface area contributed by atoms with Gasteiger partial charge in [-0.15, -0.1) is 0 Å². The van der Waals surface area contributed by atoms with Crippen molar-refractivity contribution < 1.29 is 9.59 Å². The van der Waals surface area contributed by atoms with Crippen LogP contribution in [0.3, 0.4) is 0 Å². The van der Waals surface area contributed by atoms with Gasteiger partial charge in [0.15, 0.2) is 5.78 Å². The van der Waals surface area contributed by atoms with Crippen molar-refractivity contribution in [2.45, 2.75) is 0 Å². The summed E-state index contributed by atoms with van der Waals surface area (Å²) in [6.45, 7) is 0. The highest BCUT2D eigenvalue weighted by atomic mass is 16.1. The van der Waals surface area contributed by atoms with E-state index >= 15 is 0 Å². The van der Waals surface area contributed by atoms with Crippen LogP contribution in [0.1, 0.15) is 31.8 Å². The lowest BCUT2D eigenvalue weighted by molar-refractivity contribution is 0.0962. The number of rotatable bonds is 4. The molecule has 0 saturated heterocycles. The first-order valence-electron chi connectivity index (χ1n) is 7.76. The number of aromatic nitrogens is 2. The highest BCUT2D eigenvalue weighted by Gasteiger charge is 2.18. The summed E-state index contributed by atoms with van der Waals surface area (Å²) in [6.07, 6.45) is 1.38. The van der Waals surface area contributed by atoms with Crippen molar-refractivity contribution in [2.75, 3.05) is 12.8 Å². The standard InChI is InChI=1S/C19H15N5O2/c1-22-19(26)14-6-3-7-15(9-14)24-18(21)16(11-23-24)17(25)13-5-2-4-12(8-13)10-20/h2-9,11H,21H2,1H3,(H,22,26). The predicted octanol–water partition coefficient (Wildman–Crippen LogP) is 1.92. The number of hydrogen-bond donors (Lipinski definition) is 2. The average molecular weight is 345 g/mol. The van der Waals surface area contributed by atoms with Crippen molar-refractivity contribution in [1.29, 1.82) is 5.26 Å². The zero-order valence-corrected chi connectivity index (χ0v) is 13.9. The van der Waals surface area contributed by atoms with Crippen LogP contribution in [0.5, 0.6) is 0 Å². The smallest absolute Gasteiger partial charge is 0.251 e. The lowest BCUT2D eigenvalue weighted by Crippen LogP contribution is -2.18. The molecule has 0 bridgehead atoms. The van der Waals surface area contributed by atoms with Crippen LogP contribution in [0.2, 0.25) is 0 Å². The zero-order valence-electron chi connectivity index (χ0n) is 13.9. The minimum absolute atomic E-state index is 0.159. The Morgan fingerprint density at radius 1 is 1.15 bits per heavy atom. The summed E-state index contributed by atoms with van der Waals surface area (Å²) in [4.78, 5) is 24.5. The summed E-state index contributed by atoms with van der Waals surface area (Å²) in [5.41, 5.74) is 8.11. The number of carbonyl (C=O) groups excluding carboxylic acids is 2. The van der Waals surface area contributed by atoms with Crippen LogP contribution in [0.4, 0.5) is 5.82 Å². The van der Waals surface area contributed by atoms with Crippen LogP contribution in [0.15, 0.2) is 54.7 Å². The zero-order chi connectivity index (χ0) is 18.7. The largest absolute Gasteiger partial charge is 0.383 e. The number of ketones is 1. The number of anilines is 1. The third kappa shape index (κ3) is 3.03. The monoisotopic (exact) mass is 345 g/mol. The number of nitrogens with one attached hydrogen (secondary N) is 1. The first-order valence-corrected chi connectivity index (χ1v) is 7.76. The number of hydrogen-bond acceptors (Lipinski definition) is 5. The van der Waals surface area contributed by atoms with Gasteiger partial charge in [-0.1, -0.05) is 18.2 Å². The topological polar surface area (TPSA) is 114 Å². The molecule has 0 radical (unpaired) electrons. The van der Waals surface area contributed by atoms with E-state index < -0.39 is 0 Å². The van der Waals surface area contributed by atoms with Crippen LogP contribution in [0.25, 0.3) is 5.69 Å². The van der Waals surface area contributed by atoms with E-state index in [-0.39, 0.29) is 23.1 Å². The number of benzene rings is 2. The number of carbonyl (C=O) groups is 2. The number of nitrogens with zero attached hydrogens (tertiary/aromatic N) is 3. The fraction of sp³-hybridized carbons (Fsp3) is 0.0526. The molecule has 7 nitrogen and oxygen atoms in total. The third-order valence-electron chi connectivity index (χ3n) is 3.88. The van der Waals surface area contributed by atoms with E-state index in [1.54, 1.807) is 49.5 Å². The van der Waals surface area contributed by atoms with E-state index in [0.29, 0.717) is 22.4 Å². The number of amides is 1. The van der Waals surface area contributed by atoms with Gasteiger partial charge < -0.3 is 11.1 Å². The van der Waals surface area contributed by atoms with Crippen LogP contribution >= 0.6 is 0 Å². The van der Waals surface area contributed by atoms with Crippen LogP contribution < -0.4 is 11.1 Å². The fourth-order valence-electron chi connectivity index (χ4n) is 2.55. The van der Waals surface area contributed by atoms with Gasteiger partial charge in [0.25, 0.3) is 5.91 Å². The minimum Gasteiger partial charge on any atom is -0.383 e. The maximum atomic E-state index is 12.7. The Labute approximate surface area is 149 Å². The third-order valence-corrected chi connectivity index (χ3v) is 3.88. The van der Waals surface area contributed by atoms with Crippen LogP contribution in [0, 0.1) is 11.3 Å². The van der Waals surface area contributed by atoms with Crippen molar-refractivity contribution in [3.8, 4) is 11.8 Å². The molecule has 1 heterocycles. The maximum absolute atomic E-state index is 12.7. The van der Waals surface area contributed by atoms with Gasteiger partial charge in [-0.3, -0.25) is 9.59 Å². The maximum Gasteiger partial charge on any atom is 0.251 e. The Morgan fingerprint density at radius 2 is 1.88 bits per heavy atom. The van der Waals surface area contributed by atoms with Gasteiger partial charge >= 0.3 is 0 Å². The highest BCUT2D eigenvalue weighted by Crippen LogP contribution is 2.21. The van der Waals surface area contributed by atoms with Gasteiger partial charge in [0.1, 0.15) is 5.82 Å². The van der Waals surface area contributed by atoms with Gasteiger partial charge in [-0.25, -0.2) is 4.68 Å². The Bertz CT molecular complexity index is 1050. The molecule has 3 aromatic rings. The first kappa shape index (κ1) is 16.9. The first-order chi connectivity index (χ1) is 12.5.